The Hall–Kier alpha value is -1.20. The van der Waals surface area contributed by atoms with Gasteiger partial charge < -0.3 is 15.4 Å². The molecule has 0 amide bonds. The fraction of sp³-hybridized carbons (Fsp3) is 0.692. The molecular formula is C13H22N4O. The van der Waals surface area contributed by atoms with Crippen molar-refractivity contribution in [1.29, 1.82) is 0 Å². The van der Waals surface area contributed by atoms with E-state index >= 15 is 0 Å². The summed E-state index contributed by atoms with van der Waals surface area (Å²) in [4.78, 5) is 11.0. The molecule has 5 heteroatoms. The first-order chi connectivity index (χ1) is 8.83. The van der Waals surface area contributed by atoms with E-state index in [4.69, 9.17) is 10.5 Å². The van der Waals surface area contributed by atoms with Crippen LogP contribution in [0, 0.1) is 0 Å². The molecule has 18 heavy (non-hydrogen) atoms. The number of hydrogen-bond donors (Lipinski definition) is 1. The van der Waals surface area contributed by atoms with Crippen molar-refractivity contribution in [3.63, 3.8) is 0 Å². The van der Waals surface area contributed by atoms with Crippen LogP contribution in [0.15, 0.2) is 12.4 Å². The maximum Gasteiger partial charge on any atom is 0.225 e. The first-order valence-electron chi connectivity index (χ1n) is 6.71. The zero-order valence-electron chi connectivity index (χ0n) is 11.0. The predicted octanol–water partition coefficient (Wildman–Crippen LogP) is 0.983. The summed E-state index contributed by atoms with van der Waals surface area (Å²) in [5, 5.41) is 0. The minimum absolute atomic E-state index is 0.331. The molecule has 5 nitrogen and oxygen atoms in total. The molecule has 100 valence electrons. The minimum Gasteiger partial charge on any atom is -0.376 e. The molecule has 2 rings (SSSR count). The van der Waals surface area contributed by atoms with Gasteiger partial charge in [-0.1, -0.05) is 0 Å². The molecule has 2 N–H and O–H groups in total. The summed E-state index contributed by atoms with van der Waals surface area (Å²) in [7, 11) is 0. The van der Waals surface area contributed by atoms with Gasteiger partial charge >= 0.3 is 0 Å². The smallest absolute Gasteiger partial charge is 0.225 e. The monoisotopic (exact) mass is 250 g/mol. The third-order valence-electron chi connectivity index (χ3n) is 3.24. The maximum absolute atomic E-state index is 5.66. The lowest BCUT2D eigenvalue weighted by Gasteiger charge is -2.23. The van der Waals surface area contributed by atoms with Crippen molar-refractivity contribution in [3.8, 4) is 0 Å². The van der Waals surface area contributed by atoms with Gasteiger partial charge in [0.15, 0.2) is 0 Å². The third kappa shape index (κ3) is 3.40. The van der Waals surface area contributed by atoms with Crippen LogP contribution in [0.5, 0.6) is 0 Å². The van der Waals surface area contributed by atoms with E-state index in [9.17, 15) is 0 Å². The van der Waals surface area contributed by atoms with Crippen molar-refractivity contribution in [2.75, 3.05) is 31.1 Å². The predicted molar refractivity (Wildman–Crippen MR) is 71.7 cm³/mol. The second kappa shape index (κ2) is 6.66. The first-order valence-corrected chi connectivity index (χ1v) is 6.71. The zero-order valence-corrected chi connectivity index (χ0v) is 11.0. The van der Waals surface area contributed by atoms with Gasteiger partial charge in [-0.25, -0.2) is 9.97 Å². The number of ether oxygens (including phenoxy) is 1. The Morgan fingerprint density at radius 2 is 2.22 bits per heavy atom. The summed E-state index contributed by atoms with van der Waals surface area (Å²) in [6.45, 7) is 5.42. The largest absolute Gasteiger partial charge is 0.376 e. The molecule has 1 aromatic heterocycles. The summed E-state index contributed by atoms with van der Waals surface area (Å²) in [5.41, 5.74) is 6.60. The van der Waals surface area contributed by atoms with Crippen LogP contribution in [0.25, 0.3) is 0 Å². The first kappa shape index (κ1) is 13.2. The quantitative estimate of drug-likeness (QED) is 0.815. The Labute approximate surface area is 108 Å². The van der Waals surface area contributed by atoms with Crippen LogP contribution in [0.1, 0.15) is 25.3 Å². The molecule has 0 bridgehead atoms. The summed E-state index contributed by atoms with van der Waals surface area (Å²) in [5.74, 6) is 0.786. The van der Waals surface area contributed by atoms with Gasteiger partial charge in [-0.3, -0.25) is 0 Å². The topological polar surface area (TPSA) is 64.3 Å². The molecule has 1 aromatic rings. The second-order valence-electron chi connectivity index (χ2n) is 4.60. The average molecular weight is 250 g/mol. The van der Waals surface area contributed by atoms with Crippen molar-refractivity contribution in [2.45, 2.75) is 32.3 Å². The Kier molecular flexibility index (Phi) is 4.90. The van der Waals surface area contributed by atoms with Gasteiger partial charge in [0.05, 0.1) is 6.10 Å². The van der Waals surface area contributed by atoms with Crippen LogP contribution < -0.4 is 10.6 Å². The van der Waals surface area contributed by atoms with Crippen LogP contribution >= 0.6 is 0 Å². The van der Waals surface area contributed by atoms with Crippen molar-refractivity contribution in [2.24, 2.45) is 5.73 Å². The van der Waals surface area contributed by atoms with Gasteiger partial charge in [-0.05, 0) is 38.3 Å². The lowest BCUT2D eigenvalue weighted by molar-refractivity contribution is 0.115. The number of nitrogens with two attached hydrogens (primary N) is 1. The highest BCUT2D eigenvalue weighted by molar-refractivity contribution is 5.30. The molecule has 1 atom stereocenters. The third-order valence-corrected chi connectivity index (χ3v) is 3.24. The number of aromatic nitrogens is 2. The Bertz CT molecular complexity index is 349. The number of hydrogen-bond acceptors (Lipinski definition) is 5. The van der Waals surface area contributed by atoms with E-state index in [0.717, 1.165) is 44.0 Å². The molecule has 1 saturated heterocycles. The van der Waals surface area contributed by atoms with Crippen molar-refractivity contribution in [1.82, 2.24) is 9.97 Å². The highest BCUT2D eigenvalue weighted by Gasteiger charge is 2.19. The molecule has 0 radical (unpaired) electrons. The molecule has 0 aliphatic carbocycles. The van der Waals surface area contributed by atoms with Crippen LogP contribution in [0.3, 0.4) is 0 Å². The molecule has 1 fully saturated rings. The SMILES string of the molecule is CCN(CC1CCCO1)c1ncc(CCN)cn1. The minimum atomic E-state index is 0.331. The molecule has 0 aromatic carbocycles. The molecule has 2 heterocycles. The van der Waals surface area contributed by atoms with E-state index in [-0.39, 0.29) is 0 Å². The van der Waals surface area contributed by atoms with E-state index in [2.05, 4.69) is 21.8 Å². The fourth-order valence-electron chi connectivity index (χ4n) is 2.19. The summed E-state index contributed by atoms with van der Waals surface area (Å²) in [6.07, 6.45) is 7.20. The van der Waals surface area contributed by atoms with Crippen LogP contribution in [0.2, 0.25) is 0 Å². The lowest BCUT2D eigenvalue weighted by Crippen LogP contribution is -2.33. The van der Waals surface area contributed by atoms with Crippen LogP contribution in [-0.2, 0) is 11.2 Å². The van der Waals surface area contributed by atoms with Gasteiger partial charge in [0.25, 0.3) is 0 Å². The number of likely N-dealkylation sites (N-methyl/N-ethyl adjacent to an activating group) is 1. The van der Waals surface area contributed by atoms with E-state index < -0.39 is 0 Å². The standard InChI is InChI=1S/C13H22N4O/c1-2-17(10-12-4-3-7-18-12)13-15-8-11(5-6-14)9-16-13/h8-9,12H,2-7,10,14H2,1H3. The second-order valence-corrected chi connectivity index (χ2v) is 4.60. The molecule has 1 aliphatic rings. The van der Waals surface area contributed by atoms with Crippen LogP contribution in [0.4, 0.5) is 5.95 Å². The Balaban J connectivity index is 1.97. The van der Waals surface area contributed by atoms with E-state index in [1.165, 1.54) is 6.42 Å². The number of rotatable bonds is 6. The Morgan fingerprint density at radius 1 is 1.44 bits per heavy atom. The molecular weight excluding hydrogens is 228 g/mol. The van der Waals surface area contributed by atoms with Crippen molar-refractivity contribution in [3.05, 3.63) is 18.0 Å². The molecule has 1 unspecified atom stereocenters. The van der Waals surface area contributed by atoms with Gasteiger partial charge in [-0.15, -0.1) is 0 Å². The van der Waals surface area contributed by atoms with Gasteiger partial charge in [-0.2, -0.15) is 0 Å². The van der Waals surface area contributed by atoms with Crippen molar-refractivity contribution < 1.29 is 4.74 Å². The highest BCUT2D eigenvalue weighted by Crippen LogP contribution is 2.16. The van der Waals surface area contributed by atoms with Crippen molar-refractivity contribution >= 4 is 5.95 Å². The normalized spacial score (nSPS) is 19.1. The summed E-state index contributed by atoms with van der Waals surface area (Å²) >= 11 is 0. The van der Waals surface area contributed by atoms with Crippen LogP contribution in [-0.4, -0.2) is 42.3 Å². The molecule has 0 saturated carbocycles. The van der Waals surface area contributed by atoms with Gasteiger partial charge in [0.1, 0.15) is 0 Å². The maximum atomic E-state index is 5.66. The summed E-state index contributed by atoms with van der Waals surface area (Å²) in [6, 6.07) is 0. The van der Waals surface area contributed by atoms with E-state index in [0.29, 0.717) is 12.6 Å². The summed E-state index contributed by atoms with van der Waals surface area (Å²) < 4.78 is 5.66. The Morgan fingerprint density at radius 3 is 2.78 bits per heavy atom. The number of anilines is 1. The lowest BCUT2D eigenvalue weighted by atomic mass is 10.2. The van der Waals surface area contributed by atoms with E-state index in [1.807, 2.05) is 12.4 Å². The fourth-order valence-corrected chi connectivity index (χ4v) is 2.19. The van der Waals surface area contributed by atoms with Gasteiger partial charge in [0, 0.05) is 32.1 Å². The highest BCUT2D eigenvalue weighted by atomic mass is 16.5. The molecule has 1 aliphatic heterocycles. The average Bonchev–Trinajstić information content (AvgIpc) is 2.90. The number of nitrogens with zero attached hydrogens (tertiary/aromatic N) is 3. The van der Waals surface area contributed by atoms with Gasteiger partial charge in [0.2, 0.25) is 5.95 Å². The zero-order chi connectivity index (χ0) is 12.8. The van der Waals surface area contributed by atoms with E-state index in [1.54, 1.807) is 0 Å². The molecule has 0 spiro atoms.